The normalized spacial score (nSPS) is 49.5. The molecule has 9 aliphatic rings. The Balaban J connectivity index is 0.900. The van der Waals surface area contributed by atoms with Crippen LogP contribution in [0.2, 0.25) is 0 Å². The maximum atomic E-state index is 6.94. The second-order valence-electron chi connectivity index (χ2n) is 23.7. The fraction of sp³-hybridized carbons (Fsp3) is 1.00. The van der Waals surface area contributed by atoms with Crippen LogP contribution >= 0.6 is 11.8 Å². The van der Waals surface area contributed by atoms with Gasteiger partial charge < -0.3 is 4.74 Å². The van der Waals surface area contributed by atoms with Gasteiger partial charge >= 0.3 is 0 Å². The van der Waals surface area contributed by atoms with E-state index < -0.39 is 0 Å². The monoisotopic (exact) mass is 748 g/mol. The van der Waals surface area contributed by atoms with Gasteiger partial charge in [-0.3, -0.25) is 4.90 Å². The summed E-state index contributed by atoms with van der Waals surface area (Å²) in [6.45, 7) is 15.0. The highest BCUT2D eigenvalue weighted by Gasteiger charge is 2.60. The van der Waals surface area contributed by atoms with Crippen molar-refractivity contribution in [2.45, 2.75) is 243 Å². The zero-order chi connectivity index (χ0) is 36.5. The molecular formula is C50H85NOS. The molecule has 0 aromatic heterocycles. The molecule has 9 fully saturated rings. The van der Waals surface area contributed by atoms with Crippen LogP contribution in [0.5, 0.6) is 0 Å². The van der Waals surface area contributed by atoms with Gasteiger partial charge in [0.15, 0.2) is 0 Å². The van der Waals surface area contributed by atoms with E-state index >= 15 is 0 Å². The van der Waals surface area contributed by atoms with Crippen LogP contribution in [-0.2, 0) is 4.74 Å². The van der Waals surface area contributed by atoms with Gasteiger partial charge in [0, 0.05) is 34.5 Å². The van der Waals surface area contributed by atoms with Crippen molar-refractivity contribution in [3.05, 3.63) is 0 Å². The van der Waals surface area contributed by atoms with E-state index in [1.807, 2.05) is 0 Å². The fourth-order valence-electron chi connectivity index (χ4n) is 16.3. The Labute approximate surface area is 333 Å². The second-order valence-corrected chi connectivity index (χ2v) is 25.1. The number of hydrogen-bond donors (Lipinski definition) is 0. The third-order valence-electron chi connectivity index (χ3n) is 19.4. The quantitative estimate of drug-likeness (QED) is 0.278. The molecule has 302 valence electrons. The highest BCUT2D eigenvalue weighted by Crippen LogP contribution is 2.62. The van der Waals surface area contributed by atoms with Gasteiger partial charge in [0.25, 0.3) is 0 Å². The van der Waals surface area contributed by atoms with Crippen molar-refractivity contribution < 1.29 is 4.74 Å². The summed E-state index contributed by atoms with van der Waals surface area (Å²) in [5, 5.41) is 1.83. The minimum Gasteiger partial charge on any atom is -0.374 e. The highest BCUT2D eigenvalue weighted by atomic mass is 32.2. The van der Waals surface area contributed by atoms with Gasteiger partial charge in [-0.1, -0.05) is 60.8 Å². The molecule has 3 heteroatoms. The zero-order valence-corrected chi connectivity index (χ0v) is 36.6. The smallest absolute Gasteiger partial charge is 0.0621 e. The molecule has 0 aromatic rings. The summed E-state index contributed by atoms with van der Waals surface area (Å²) in [5.74, 6) is 9.80. The summed E-state index contributed by atoms with van der Waals surface area (Å²) >= 11 is 2.60. The first-order valence-electron chi connectivity index (χ1n) is 24.6. The molecule has 2 aliphatic heterocycles. The lowest BCUT2D eigenvalue weighted by Gasteiger charge is -2.53. The standard InChI is InChI=1S/C50H85NOS/c1-49(2,3)36-22-14-32(15-23-36)34-18-26-38(27-19-34)51(39-28-20-35(21-29-39)33-16-24-37(25-17-33)50(4,5)6)43-12-9-11-40-41-30-31-45-46(48(41)53-47(40)43)42-10-7-8-13-44(42)52-45/h32-48H,7-31H2,1-6H3. The van der Waals surface area contributed by atoms with E-state index in [2.05, 4.69) is 58.2 Å². The summed E-state index contributed by atoms with van der Waals surface area (Å²) in [5.41, 5.74) is 1.01. The predicted octanol–water partition coefficient (Wildman–Crippen LogP) is 13.7. The fourth-order valence-corrected chi connectivity index (χ4v) is 18.8. The van der Waals surface area contributed by atoms with E-state index in [1.165, 1.54) is 128 Å². The predicted molar refractivity (Wildman–Crippen MR) is 226 cm³/mol. The molecule has 7 saturated carbocycles. The van der Waals surface area contributed by atoms with Crippen molar-refractivity contribution in [3.63, 3.8) is 0 Å². The third-order valence-corrected chi connectivity index (χ3v) is 21.3. The van der Waals surface area contributed by atoms with Gasteiger partial charge in [-0.15, -0.1) is 0 Å². The molecule has 9 rings (SSSR count). The van der Waals surface area contributed by atoms with Crippen LogP contribution in [0.1, 0.15) is 202 Å². The van der Waals surface area contributed by atoms with Crippen molar-refractivity contribution in [1.82, 2.24) is 4.90 Å². The zero-order valence-electron chi connectivity index (χ0n) is 35.8. The molecule has 9 atom stereocenters. The van der Waals surface area contributed by atoms with Gasteiger partial charge in [-0.2, -0.15) is 11.8 Å². The molecule has 0 aromatic carbocycles. The van der Waals surface area contributed by atoms with Gasteiger partial charge in [-0.25, -0.2) is 0 Å². The first-order valence-corrected chi connectivity index (χ1v) is 25.6. The Morgan fingerprint density at radius 2 is 0.887 bits per heavy atom. The van der Waals surface area contributed by atoms with E-state index in [9.17, 15) is 0 Å². The van der Waals surface area contributed by atoms with Crippen molar-refractivity contribution in [2.24, 2.45) is 70.0 Å². The van der Waals surface area contributed by atoms with Crippen LogP contribution in [0.4, 0.5) is 0 Å². The molecule has 2 nitrogen and oxygen atoms in total. The lowest BCUT2D eigenvalue weighted by molar-refractivity contribution is -0.0183. The molecule has 53 heavy (non-hydrogen) atoms. The number of rotatable bonds is 5. The number of ether oxygens (including phenoxy) is 1. The lowest BCUT2D eigenvalue weighted by atomic mass is 9.64. The summed E-state index contributed by atoms with van der Waals surface area (Å²) in [6.07, 6.45) is 38.8. The average molecular weight is 748 g/mol. The van der Waals surface area contributed by atoms with Gasteiger partial charge in [0.05, 0.1) is 12.2 Å². The number of thioether (sulfide) groups is 1. The molecule has 2 saturated heterocycles. The molecule has 7 aliphatic carbocycles. The van der Waals surface area contributed by atoms with E-state index in [0.29, 0.717) is 23.0 Å². The van der Waals surface area contributed by atoms with Crippen LogP contribution < -0.4 is 0 Å². The topological polar surface area (TPSA) is 12.5 Å². The molecular weight excluding hydrogens is 663 g/mol. The van der Waals surface area contributed by atoms with Gasteiger partial charge in [0.1, 0.15) is 0 Å². The molecule has 0 N–H and O–H groups in total. The van der Waals surface area contributed by atoms with Crippen molar-refractivity contribution in [2.75, 3.05) is 0 Å². The first kappa shape index (κ1) is 38.8. The largest absolute Gasteiger partial charge is 0.374 e. The summed E-state index contributed by atoms with van der Waals surface area (Å²) in [7, 11) is 0. The second kappa shape index (κ2) is 15.8. The van der Waals surface area contributed by atoms with Gasteiger partial charge in [-0.05, 0) is 205 Å². The number of fused-ring (bicyclic) bond motifs is 7. The SMILES string of the molecule is CC(C)(C)C1CCC(C2CCC(N(C3CCC(C4CCC(C(C)(C)C)CC4)CC3)C3CCCC4C5CCC6OC7CCCCC7C6C5SC43)CC2)CC1. The van der Waals surface area contributed by atoms with E-state index in [4.69, 9.17) is 4.74 Å². The van der Waals surface area contributed by atoms with Crippen molar-refractivity contribution in [3.8, 4) is 0 Å². The maximum absolute atomic E-state index is 6.94. The molecule has 9 unspecified atom stereocenters. The minimum absolute atomic E-state index is 0.505. The van der Waals surface area contributed by atoms with Gasteiger partial charge in [0.2, 0.25) is 0 Å². The first-order chi connectivity index (χ1) is 25.5. The Hall–Kier alpha value is 0.270. The van der Waals surface area contributed by atoms with E-state index in [1.54, 1.807) is 32.1 Å². The lowest BCUT2D eigenvalue weighted by Crippen LogP contribution is -2.57. The summed E-state index contributed by atoms with van der Waals surface area (Å²) in [6, 6.07) is 2.61. The van der Waals surface area contributed by atoms with E-state index in [0.717, 1.165) is 87.8 Å². The maximum Gasteiger partial charge on any atom is 0.0621 e. The van der Waals surface area contributed by atoms with Crippen LogP contribution in [0.15, 0.2) is 0 Å². The van der Waals surface area contributed by atoms with E-state index in [-0.39, 0.29) is 0 Å². The Kier molecular flexibility index (Phi) is 11.6. The van der Waals surface area contributed by atoms with Crippen LogP contribution in [-0.4, -0.2) is 45.7 Å². The Morgan fingerprint density at radius 3 is 1.42 bits per heavy atom. The highest BCUT2D eigenvalue weighted by molar-refractivity contribution is 8.00. The molecule has 0 spiro atoms. The number of nitrogens with zero attached hydrogens (tertiary/aromatic N) is 1. The van der Waals surface area contributed by atoms with Crippen LogP contribution in [0.25, 0.3) is 0 Å². The average Bonchev–Trinajstić information content (AvgIpc) is 3.74. The van der Waals surface area contributed by atoms with Crippen molar-refractivity contribution >= 4 is 11.8 Å². The Morgan fingerprint density at radius 1 is 0.415 bits per heavy atom. The summed E-state index contributed by atoms with van der Waals surface area (Å²) < 4.78 is 6.94. The van der Waals surface area contributed by atoms with Crippen LogP contribution in [0.3, 0.4) is 0 Å². The van der Waals surface area contributed by atoms with Crippen molar-refractivity contribution in [1.29, 1.82) is 0 Å². The summed E-state index contributed by atoms with van der Waals surface area (Å²) in [4.78, 5) is 3.41. The minimum atomic E-state index is 0.505. The number of hydrogen-bond acceptors (Lipinski definition) is 3. The molecule has 0 bridgehead atoms. The molecule has 0 amide bonds. The molecule has 0 radical (unpaired) electrons. The van der Waals surface area contributed by atoms with Crippen LogP contribution in [0, 0.1) is 70.0 Å². The third kappa shape index (κ3) is 7.78. The molecule has 2 heterocycles. The Bertz CT molecular complexity index is 1130.